The lowest BCUT2D eigenvalue weighted by molar-refractivity contribution is 0.252. The van der Waals surface area contributed by atoms with Crippen molar-refractivity contribution in [2.24, 2.45) is 0 Å². The van der Waals surface area contributed by atoms with Crippen LogP contribution < -0.4 is 10.6 Å². The summed E-state index contributed by atoms with van der Waals surface area (Å²) in [7, 11) is 0. The molecule has 0 heterocycles. The molecular weight excluding hydrogens is 276 g/mol. The molecule has 0 radical (unpaired) electrons. The first-order valence-electron chi connectivity index (χ1n) is 7.01. The van der Waals surface area contributed by atoms with E-state index in [2.05, 4.69) is 16.6 Å². The Balaban J connectivity index is 1.78. The highest BCUT2D eigenvalue weighted by Crippen LogP contribution is 2.09. The lowest BCUT2D eigenvalue weighted by atomic mass is 10.1. The molecule has 0 saturated carbocycles. The second-order valence-electron chi connectivity index (χ2n) is 4.83. The molecule has 4 heteroatoms. The van der Waals surface area contributed by atoms with Gasteiger partial charge in [-0.05, 0) is 35.7 Å². The second kappa shape index (κ2) is 7.87. The van der Waals surface area contributed by atoms with E-state index >= 15 is 0 Å². The number of urea groups is 1. The lowest BCUT2D eigenvalue weighted by Gasteiger charge is -2.08. The molecule has 112 valence electrons. The highest BCUT2D eigenvalue weighted by atomic mass is 16.3. The summed E-state index contributed by atoms with van der Waals surface area (Å²) in [6.45, 7) is 0.566. The number of nitrogens with one attached hydrogen (secondary N) is 2. The summed E-state index contributed by atoms with van der Waals surface area (Å²) >= 11 is 0. The summed E-state index contributed by atoms with van der Waals surface area (Å²) in [6.07, 6.45) is 6.05. The van der Waals surface area contributed by atoms with E-state index in [1.54, 1.807) is 24.3 Å². The molecule has 0 aliphatic heterocycles. The van der Waals surface area contributed by atoms with Gasteiger partial charge in [0.05, 0.1) is 6.61 Å². The molecule has 2 aromatic rings. The van der Waals surface area contributed by atoms with Crippen molar-refractivity contribution in [1.29, 1.82) is 0 Å². The second-order valence-corrected chi connectivity index (χ2v) is 4.83. The third-order valence-electron chi connectivity index (χ3n) is 3.19. The van der Waals surface area contributed by atoms with Crippen molar-refractivity contribution in [2.45, 2.75) is 13.0 Å². The van der Waals surface area contributed by atoms with E-state index in [4.69, 9.17) is 11.5 Å². The molecule has 22 heavy (non-hydrogen) atoms. The van der Waals surface area contributed by atoms with Crippen LogP contribution in [0.2, 0.25) is 0 Å². The molecule has 0 atom stereocenters. The number of amides is 2. The molecule has 0 aromatic heterocycles. The molecule has 2 amide bonds. The Labute approximate surface area is 130 Å². The zero-order valence-electron chi connectivity index (χ0n) is 12.2. The molecule has 0 spiro atoms. The monoisotopic (exact) mass is 294 g/mol. The third kappa shape index (κ3) is 4.65. The lowest BCUT2D eigenvalue weighted by Crippen LogP contribution is -2.30. The highest BCUT2D eigenvalue weighted by molar-refractivity contribution is 5.89. The van der Waals surface area contributed by atoms with Gasteiger partial charge in [0.1, 0.15) is 0 Å². The number of carbonyl (C=O) groups excluding carboxylic acids is 1. The van der Waals surface area contributed by atoms with Gasteiger partial charge < -0.3 is 15.7 Å². The first-order chi connectivity index (χ1) is 10.7. The molecule has 0 aliphatic carbocycles. The van der Waals surface area contributed by atoms with Gasteiger partial charge in [0.15, 0.2) is 0 Å². The molecule has 0 aliphatic rings. The first kappa shape index (κ1) is 15.6. The Hall–Kier alpha value is -2.77. The fourth-order valence-corrected chi connectivity index (χ4v) is 1.99. The summed E-state index contributed by atoms with van der Waals surface area (Å²) in [5.74, 6) is 2.53. The third-order valence-corrected chi connectivity index (χ3v) is 3.19. The molecule has 4 nitrogen and oxygen atoms in total. The Kier molecular flexibility index (Phi) is 5.58. The zero-order valence-corrected chi connectivity index (χ0v) is 12.2. The average molecular weight is 294 g/mol. The van der Waals surface area contributed by atoms with E-state index in [1.807, 2.05) is 24.3 Å². The van der Waals surface area contributed by atoms with Crippen molar-refractivity contribution in [3.8, 4) is 12.3 Å². The van der Waals surface area contributed by atoms with Crippen LogP contribution >= 0.6 is 0 Å². The molecule has 0 unspecified atom stereocenters. The number of hydrogen-bond donors (Lipinski definition) is 3. The van der Waals surface area contributed by atoms with Crippen molar-refractivity contribution in [3.63, 3.8) is 0 Å². The van der Waals surface area contributed by atoms with Gasteiger partial charge in [-0.1, -0.05) is 36.3 Å². The molecule has 2 aromatic carbocycles. The SMILES string of the molecule is C#Cc1cccc(NC(=O)NCCc2ccc(CO)cc2)c1. The van der Waals surface area contributed by atoms with Crippen LogP contribution in [0.4, 0.5) is 10.5 Å². The largest absolute Gasteiger partial charge is 0.392 e. The van der Waals surface area contributed by atoms with Crippen LogP contribution in [0.5, 0.6) is 0 Å². The minimum absolute atomic E-state index is 0.0393. The normalized spacial score (nSPS) is 9.82. The number of carbonyl (C=O) groups is 1. The van der Waals surface area contributed by atoms with Gasteiger partial charge in [-0.2, -0.15) is 0 Å². The minimum Gasteiger partial charge on any atom is -0.392 e. The quantitative estimate of drug-likeness (QED) is 0.742. The summed E-state index contributed by atoms with van der Waals surface area (Å²) < 4.78 is 0. The van der Waals surface area contributed by atoms with Crippen molar-refractivity contribution in [2.75, 3.05) is 11.9 Å². The summed E-state index contributed by atoms with van der Waals surface area (Å²) in [6, 6.07) is 14.5. The van der Waals surface area contributed by atoms with Crippen LogP contribution in [0.25, 0.3) is 0 Å². The predicted molar refractivity (Wildman–Crippen MR) is 87.5 cm³/mol. The van der Waals surface area contributed by atoms with E-state index in [0.717, 1.165) is 23.1 Å². The van der Waals surface area contributed by atoms with Crippen LogP contribution in [0, 0.1) is 12.3 Å². The van der Waals surface area contributed by atoms with Gasteiger partial charge in [0, 0.05) is 17.8 Å². The van der Waals surface area contributed by atoms with E-state index in [0.29, 0.717) is 12.2 Å². The zero-order chi connectivity index (χ0) is 15.8. The maximum atomic E-state index is 11.8. The van der Waals surface area contributed by atoms with Gasteiger partial charge in [-0.25, -0.2) is 4.79 Å². The highest BCUT2D eigenvalue weighted by Gasteiger charge is 2.02. The van der Waals surface area contributed by atoms with Crippen molar-refractivity contribution in [1.82, 2.24) is 5.32 Å². The van der Waals surface area contributed by atoms with Gasteiger partial charge in [-0.3, -0.25) is 0 Å². The molecular formula is C18H18N2O2. The smallest absolute Gasteiger partial charge is 0.319 e. The first-order valence-corrected chi connectivity index (χ1v) is 7.01. The Morgan fingerprint density at radius 1 is 1.14 bits per heavy atom. The van der Waals surface area contributed by atoms with E-state index in [-0.39, 0.29) is 12.6 Å². The standard InChI is InChI=1S/C18H18N2O2/c1-2-14-4-3-5-17(12-14)20-18(22)19-11-10-15-6-8-16(13-21)9-7-15/h1,3-9,12,21H,10-11,13H2,(H2,19,20,22). The van der Waals surface area contributed by atoms with Crippen molar-refractivity contribution in [3.05, 3.63) is 65.2 Å². The average Bonchev–Trinajstić information content (AvgIpc) is 2.55. The van der Waals surface area contributed by atoms with Crippen LogP contribution in [-0.2, 0) is 13.0 Å². The topological polar surface area (TPSA) is 61.4 Å². The van der Waals surface area contributed by atoms with Crippen molar-refractivity contribution < 1.29 is 9.90 Å². The Morgan fingerprint density at radius 2 is 1.86 bits per heavy atom. The Morgan fingerprint density at radius 3 is 2.55 bits per heavy atom. The number of terminal acetylenes is 1. The van der Waals surface area contributed by atoms with E-state index < -0.39 is 0 Å². The van der Waals surface area contributed by atoms with Gasteiger partial charge >= 0.3 is 6.03 Å². The fraction of sp³-hybridized carbons (Fsp3) is 0.167. The van der Waals surface area contributed by atoms with Crippen molar-refractivity contribution >= 4 is 11.7 Å². The van der Waals surface area contributed by atoms with E-state index in [9.17, 15) is 4.79 Å². The van der Waals surface area contributed by atoms with E-state index in [1.165, 1.54) is 0 Å². The maximum Gasteiger partial charge on any atom is 0.319 e. The van der Waals surface area contributed by atoms with Crippen LogP contribution in [-0.4, -0.2) is 17.7 Å². The molecule has 0 bridgehead atoms. The summed E-state index contributed by atoms with van der Waals surface area (Å²) in [4.78, 5) is 11.8. The maximum absolute atomic E-state index is 11.8. The van der Waals surface area contributed by atoms with Gasteiger partial charge in [0.2, 0.25) is 0 Å². The Bertz CT molecular complexity index is 672. The molecule has 0 fully saturated rings. The number of rotatable bonds is 5. The fourth-order valence-electron chi connectivity index (χ4n) is 1.99. The molecule has 2 rings (SSSR count). The van der Waals surface area contributed by atoms with Crippen LogP contribution in [0.15, 0.2) is 48.5 Å². The van der Waals surface area contributed by atoms with Crippen LogP contribution in [0.3, 0.4) is 0 Å². The van der Waals surface area contributed by atoms with Gasteiger partial charge in [0.25, 0.3) is 0 Å². The number of benzene rings is 2. The summed E-state index contributed by atoms with van der Waals surface area (Å²) in [5, 5.41) is 14.5. The number of aliphatic hydroxyl groups is 1. The number of hydrogen-bond acceptors (Lipinski definition) is 2. The summed E-state index contributed by atoms with van der Waals surface area (Å²) in [5.41, 5.74) is 3.37. The predicted octanol–water partition coefficient (Wildman–Crippen LogP) is 2.52. The van der Waals surface area contributed by atoms with Gasteiger partial charge in [-0.15, -0.1) is 6.42 Å². The molecule has 0 saturated heterocycles. The number of anilines is 1. The molecule has 3 N–H and O–H groups in total. The van der Waals surface area contributed by atoms with Crippen LogP contribution in [0.1, 0.15) is 16.7 Å². The number of aliphatic hydroxyl groups excluding tert-OH is 1. The minimum atomic E-state index is -0.263.